The Labute approximate surface area is 142 Å². The van der Waals surface area contributed by atoms with Crippen molar-refractivity contribution in [3.05, 3.63) is 35.9 Å². The van der Waals surface area contributed by atoms with E-state index in [1.165, 1.54) is 5.56 Å². The van der Waals surface area contributed by atoms with Gasteiger partial charge in [0, 0.05) is 26.2 Å². The van der Waals surface area contributed by atoms with Gasteiger partial charge in [0.2, 0.25) is 0 Å². The third-order valence-corrected chi connectivity index (χ3v) is 5.30. The topological polar surface area (TPSA) is 81.7 Å². The fourth-order valence-corrected chi connectivity index (χ4v) is 3.73. The van der Waals surface area contributed by atoms with Crippen molar-refractivity contribution < 1.29 is 14.7 Å². The Bertz CT molecular complexity index is 582. The molecule has 0 aliphatic carbocycles. The second kappa shape index (κ2) is 7.21. The first-order chi connectivity index (χ1) is 11.6. The monoisotopic (exact) mass is 331 g/mol. The zero-order valence-corrected chi connectivity index (χ0v) is 13.8. The van der Waals surface area contributed by atoms with Gasteiger partial charge in [0.15, 0.2) is 0 Å². The van der Waals surface area contributed by atoms with E-state index in [2.05, 4.69) is 22.8 Å². The van der Waals surface area contributed by atoms with Crippen LogP contribution in [0, 0.1) is 5.41 Å². The molecule has 0 radical (unpaired) electrons. The van der Waals surface area contributed by atoms with Gasteiger partial charge in [0.25, 0.3) is 0 Å². The van der Waals surface area contributed by atoms with Gasteiger partial charge in [-0.05, 0) is 36.7 Å². The number of carbonyl (C=O) groups excluding carboxylic acids is 1. The maximum absolute atomic E-state index is 12.3. The quantitative estimate of drug-likeness (QED) is 0.780. The summed E-state index contributed by atoms with van der Waals surface area (Å²) in [5.74, 6) is -0.770. The third-order valence-electron chi connectivity index (χ3n) is 5.30. The Morgan fingerprint density at radius 1 is 1.25 bits per heavy atom. The van der Waals surface area contributed by atoms with Crippen LogP contribution in [0.5, 0.6) is 0 Å². The lowest BCUT2D eigenvalue weighted by atomic mass is 9.76. The summed E-state index contributed by atoms with van der Waals surface area (Å²) in [5, 5.41) is 15.2. The van der Waals surface area contributed by atoms with Crippen molar-refractivity contribution >= 4 is 12.0 Å². The van der Waals surface area contributed by atoms with E-state index >= 15 is 0 Å². The molecule has 1 atom stereocenters. The molecule has 0 bridgehead atoms. The van der Waals surface area contributed by atoms with Crippen LogP contribution in [0.2, 0.25) is 0 Å². The standard InChI is InChI=1S/C18H25N3O3/c22-16(23)15-12-18(13-20-15)7-10-21(11-8-18)17(24)19-9-6-14-4-2-1-3-5-14/h1-5,15,20H,6-13H2,(H,19,24)(H,22,23)/t15-/m0/s1. The van der Waals surface area contributed by atoms with Crippen LogP contribution in [0.25, 0.3) is 0 Å². The summed E-state index contributed by atoms with van der Waals surface area (Å²) in [6.07, 6.45) is 3.24. The zero-order chi connectivity index (χ0) is 17.0. The molecule has 6 nitrogen and oxygen atoms in total. The van der Waals surface area contributed by atoms with Crippen molar-refractivity contribution in [3.63, 3.8) is 0 Å². The van der Waals surface area contributed by atoms with Crippen LogP contribution in [0.15, 0.2) is 30.3 Å². The maximum atomic E-state index is 12.3. The van der Waals surface area contributed by atoms with Gasteiger partial charge in [-0.3, -0.25) is 4.79 Å². The molecule has 2 heterocycles. The Balaban J connectivity index is 1.41. The number of piperidine rings is 1. The summed E-state index contributed by atoms with van der Waals surface area (Å²) in [6.45, 7) is 2.77. The average molecular weight is 331 g/mol. The third kappa shape index (κ3) is 3.87. The number of carboxylic acid groups (broad SMARTS) is 1. The molecule has 0 unspecified atom stereocenters. The molecule has 1 aromatic rings. The Morgan fingerprint density at radius 3 is 2.58 bits per heavy atom. The second-order valence-electron chi connectivity index (χ2n) is 6.93. The van der Waals surface area contributed by atoms with Gasteiger partial charge in [-0.2, -0.15) is 0 Å². The number of benzene rings is 1. The lowest BCUT2D eigenvalue weighted by Crippen LogP contribution is -2.48. The van der Waals surface area contributed by atoms with Crippen LogP contribution in [0.1, 0.15) is 24.8 Å². The van der Waals surface area contributed by atoms with Crippen LogP contribution in [0.4, 0.5) is 4.79 Å². The van der Waals surface area contributed by atoms with Gasteiger partial charge in [-0.25, -0.2) is 4.79 Å². The number of nitrogens with one attached hydrogen (secondary N) is 2. The van der Waals surface area contributed by atoms with Crippen LogP contribution < -0.4 is 10.6 Å². The first-order valence-corrected chi connectivity index (χ1v) is 8.61. The SMILES string of the molecule is O=C(O)[C@@H]1CC2(CCN(C(=O)NCCc3ccccc3)CC2)CN1. The molecule has 24 heavy (non-hydrogen) atoms. The van der Waals surface area contributed by atoms with Gasteiger partial charge in [0.1, 0.15) is 6.04 Å². The number of amides is 2. The molecule has 2 aliphatic heterocycles. The number of nitrogens with zero attached hydrogens (tertiary/aromatic N) is 1. The minimum Gasteiger partial charge on any atom is -0.480 e. The molecule has 6 heteroatoms. The molecular formula is C18H25N3O3. The maximum Gasteiger partial charge on any atom is 0.320 e. The van der Waals surface area contributed by atoms with Gasteiger partial charge < -0.3 is 20.6 Å². The van der Waals surface area contributed by atoms with Crippen molar-refractivity contribution in [2.24, 2.45) is 5.41 Å². The highest BCUT2D eigenvalue weighted by Gasteiger charge is 2.44. The first kappa shape index (κ1) is 16.8. The van der Waals surface area contributed by atoms with Crippen LogP contribution in [-0.4, -0.2) is 54.2 Å². The number of urea groups is 1. The summed E-state index contributed by atoms with van der Waals surface area (Å²) >= 11 is 0. The minimum atomic E-state index is -0.770. The molecule has 2 amide bonds. The molecule has 2 aliphatic rings. The fraction of sp³-hybridized carbons (Fsp3) is 0.556. The molecule has 130 valence electrons. The van der Waals surface area contributed by atoms with Crippen LogP contribution in [0.3, 0.4) is 0 Å². The number of likely N-dealkylation sites (tertiary alicyclic amines) is 1. The van der Waals surface area contributed by atoms with E-state index in [1.807, 2.05) is 23.1 Å². The Morgan fingerprint density at radius 2 is 1.96 bits per heavy atom. The summed E-state index contributed by atoms with van der Waals surface area (Å²) in [5.41, 5.74) is 1.26. The number of hydrogen-bond acceptors (Lipinski definition) is 3. The highest BCUT2D eigenvalue weighted by molar-refractivity contribution is 5.75. The van der Waals surface area contributed by atoms with Gasteiger partial charge >= 0.3 is 12.0 Å². The number of rotatable bonds is 4. The van der Waals surface area contributed by atoms with E-state index in [0.717, 1.165) is 25.8 Å². The fourth-order valence-electron chi connectivity index (χ4n) is 3.73. The van der Waals surface area contributed by atoms with Crippen molar-refractivity contribution in [3.8, 4) is 0 Å². The molecular weight excluding hydrogens is 306 g/mol. The predicted octanol–water partition coefficient (Wildman–Crippen LogP) is 1.47. The number of aliphatic carboxylic acids is 1. The molecule has 1 aromatic carbocycles. The van der Waals surface area contributed by atoms with Crippen molar-refractivity contribution in [1.29, 1.82) is 0 Å². The number of carbonyl (C=O) groups is 2. The molecule has 2 saturated heterocycles. The van der Waals surface area contributed by atoms with E-state index in [0.29, 0.717) is 26.1 Å². The van der Waals surface area contributed by atoms with E-state index in [-0.39, 0.29) is 11.4 Å². The molecule has 2 fully saturated rings. The number of carboxylic acids is 1. The van der Waals surface area contributed by atoms with Gasteiger partial charge in [-0.15, -0.1) is 0 Å². The summed E-state index contributed by atoms with van der Waals surface area (Å²) in [6, 6.07) is 9.66. The van der Waals surface area contributed by atoms with Crippen molar-refractivity contribution in [2.75, 3.05) is 26.2 Å². The summed E-state index contributed by atoms with van der Waals surface area (Å²) < 4.78 is 0. The Kier molecular flexibility index (Phi) is 5.04. The highest BCUT2D eigenvalue weighted by Crippen LogP contribution is 2.39. The molecule has 0 saturated carbocycles. The smallest absolute Gasteiger partial charge is 0.320 e. The van der Waals surface area contributed by atoms with E-state index in [1.54, 1.807) is 0 Å². The second-order valence-corrected chi connectivity index (χ2v) is 6.93. The lowest BCUT2D eigenvalue weighted by Gasteiger charge is -2.38. The van der Waals surface area contributed by atoms with Crippen molar-refractivity contribution in [2.45, 2.75) is 31.7 Å². The van der Waals surface area contributed by atoms with E-state index in [9.17, 15) is 9.59 Å². The van der Waals surface area contributed by atoms with E-state index in [4.69, 9.17) is 5.11 Å². The lowest BCUT2D eigenvalue weighted by molar-refractivity contribution is -0.139. The first-order valence-electron chi connectivity index (χ1n) is 8.61. The Hall–Kier alpha value is -2.08. The molecule has 3 rings (SSSR count). The number of hydrogen-bond donors (Lipinski definition) is 3. The van der Waals surface area contributed by atoms with Gasteiger partial charge in [-0.1, -0.05) is 30.3 Å². The largest absolute Gasteiger partial charge is 0.480 e. The predicted molar refractivity (Wildman–Crippen MR) is 90.8 cm³/mol. The van der Waals surface area contributed by atoms with Gasteiger partial charge in [0.05, 0.1) is 0 Å². The van der Waals surface area contributed by atoms with E-state index < -0.39 is 12.0 Å². The van der Waals surface area contributed by atoms with Crippen LogP contribution in [-0.2, 0) is 11.2 Å². The minimum absolute atomic E-state index is 0.0125. The van der Waals surface area contributed by atoms with Crippen LogP contribution >= 0.6 is 0 Å². The molecule has 3 N–H and O–H groups in total. The highest BCUT2D eigenvalue weighted by atomic mass is 16.4. The molecule has 0 aromatic heterocycles. The summed E-state index contributed by atoms with van der Waals surface area (Å²) in [7, 11) is 0. The average Bonchev–Trinajstić information content (AvgIpc) is 3.00. The summed E-state index contributed by atoms with van der Waals surface area (Å²) in [4.78, 5) is 25.2. The molecule has 1 spiro atoms. The normalized spacial score (nSPS) is 22.5. The zero-order valence-electron chi connectivity index (χ0n) is 13.8. The van der Waals surface area contributed by atoms with Crippen molar-refractivity contribution in [1.82, 2.24) is 15.5 Å².